The Morgan fingerprint density at radius 3 is 2.61 bits per heavy atom. The average molecular weight is 331 g/mol. The first-order chi connectivity index (χ1) is 11.1. The number of aromatic nitrogens is 1. The first-order valence-electron chi connectivity index (χ1n) is 8.13. The standard InChI is InChI=1S/C17H21N3O2S/c1-20(14-10-12-7-8-13(11-14)19-12)23(21,22)17-6-2-5-16-15(17)4-3-9-18-16/h2-6,9,12-14,19H,7-8,10-11H2,1H3. The van der Waals surface area contributed by atoms with E-state index in [0.717, 1.165) is 25.7 Å². The molecule has 0 saturated carbocycles. The summed E-state index contributed by atoms with van der Waals surface area (Å²) in [5, 5.41) is 4.26. The minimum atomic E-state index is -3.52. The highest BCUT2D eigenvalue weighted by molar-refractivity contribution is 7.89. The van der Waals surface area contributed by atoms with Gasteiger partial charge in [-0.2, -0.15) is 4.31 Å². The molecule has 23 heavy (non-hydrogen) atoms. The molecule has 4 rings (SSSR count). The number of rotatable bonds is 3. The molecule has 2 aliphatic heterocycles. The van der Waals surface area contributed by atoms with Crippen molar-refractivity contribution >= 4 is 20.9 Å². The summed E-state index contributed by atoms with van der Waals surface area (Å²) in [6.45, 7) is 0. The van der Waals surface area contributed by atoms with Gasteiger partial charge in [0.1, 0.15) is 0 Å². The maximum Gasteiger partial charge on any atom is 0.243 e. The number of nitrogens with one attached hydrogen (secondary N) is 1. The molecule has 2 bridgehead atoms. The Hall–Kier alpha value is -1.50. The van der Waals surface area contributed by atoms with Crippen LogP contribution in [0.1, 0.15) is 25.7 Å². The van der Waals surface area contributed by atoms with Gasteiger partial charge in [0.2, 0.25) is 10.0 Å². The molecule has 0 spiro atoms. The molecule has 2 aromatic rings. The lowest BCUT2D eigenvalue weighted by Gasteiger charge is -2.35. The highest BCUT2D eigenvalue weighted by atomic mass is 32.2. The van der Waals surface area contributed by atoms with Gasteiger partial charge < -0.3 is 5.32 Å². The fourth-order valence-electron chi connectivity index (χ4n) is 3.98. The van der Waals surface area contributed by atoms with Crippen LogP contribution in [-0.4, -0.2) is 42.9 Å². The Balaban J connectivity index is 1.71. The van der Waals surface area contributed by atoms with Gasteiger partial charge in [-0.3, -0.25) is 4.98 Å². The molecular formula is C17H21N3O2S. The first-order valence-corrected chi connectivity index (χ1v) is 9.57. The second-order valence-electron chi connectivity index (χ2n) is 6.61. The predicted octanol–water partition coefficient (Wildman–Crippen LogP) is 2.14. The lowest BCUT2D eigenvalue weighted by Crippen LogP contribution is -2.48. The van der Waals surface area contributed by atoms with Gasteiger partial charge in [-0.25, -0.2) is 8.42 Å². The summed E-state index contributed by atoms with van der Waals surface area (Å²) in [4.78, 5) is 4.63. The highest BCUT2D eigenvalue weighted by Gasteiger charge is 2.39. The summed E-state index contributed by atoms with van der Waals surface area (Å²) in [5.41, 5.74) is 0.715. The van der Waals surface area contributed by atoms with Crippen LogP contribution in [0.3, 0.4) is 0 Å². The van der Waals surface area contributed by atoms with E-state index >= 15 is 0 Å². The van der Waals surface area contributed by atoms with Gasteiger partial charge in [0, 0.05) is 36.8 Å². The number of nitrogens with zero attached hydrogens (tertiary/aromatic N) is 2. The van der Waals surface area contributed by atoms with Gasteiger partial charge in [0.25, 0.3) is 0 Å². The van der Waals surface area contributed by atoms with Crippen LogP contribution in [0.4, 0.5) is 0 Å². The minimum absolute atomic E-state index is 0.0747. The molecule has 2 saturated heterocycles. The van der Waals surface area contributed by atoms with Crippen LogP contribution >= 0.6 is 0 Å². The molecule has 2 fully saturated rings. The van der Waals surface area contributed by atoms with Crippen molar-refractivity contribution in [1.82, 2.24) is 14.6 Å². The van der Waals surface area contributed by atoms with Crippen LogP contribution < -0.4 is 5.32 Å². The number of sulfonamides is 1. The van der Waals surface area contributed by atoms with Crippen molar-refractivity contribution in [2.24, 2.45) is 0 Å². The molecule has 2 aliphatic rings. The van der Waals surface area contributed by atoms with Crippen molar-refractivity contribution in [1.29, 1.82) is 0 Å². The number of hydrogen-bond acceptors (Lipinski definition) is 4. The summed E-state index contributed by atoms with van der Waals surface area (Å²) >= 11 is 0. The monoisotopic (exact) mass is 331 g/mol. The van der Waals surface area contributed by atoms with E-state index < -0.39 is 10.0 Å². The Morgan fingerprint density at radius 1 is 1.13 bits per heavy atom. The minimum Gasteiger partial charge on any atom is -0.311 e. The summed E-state index contributed by atoms with van der Waals surface area (Å²) in [6.07, 6.45) is 5.80. The molecule has 0 radical (unpaired) electrons. The zero-order chi connectivity index (χ0) is 16.0. The smallest absolute Gasteiger partial charge is 0.243 e. The highest BCUT2D eigenvalue weighted by Crippen LogP contribution is 2.33. The van der Waals surface area contributed by atoms with E-state index in [-0.39, 0.29) is 6.04 Å². The van der Waals surface area contributed by atoms with Crippen LogP contribution in [-0.2, 0) is 10.0 Å². The van der Waals surface area contributed by atoms with Gasteiger partial charge in [0.05, 0.1) is 10.4 Å². The fraction of sp³-hybridized carbons (Fsp3) is 0.471. The van der Waals surface area contributed by atoms with Crippen LogP contribution in [0, 0.1) is 0 Å². The number of piperidine rings is 1. The summed E-state index contributed by atoms with van der Waals surface area (Å²) in [6, 6.07) is 9.91. The third kappa shape index (κ3) is 2.55. The van der Waals surface area contributed by atoms with Gasteiger partial charge in [-0.1, -0.05) is 6.07 Å². The predicted molar refractivity (Wildman–Crippen MR) is 89.7 cm³/mol. The Morgan fingerprint density at radius 2 is 1.87 bits per heavy atom. The molecular weight excluding hydrogens is 310 g/mol. The number of hydrogen-bond donors (Lipinski definition) is 1. The van der Waals surface area contributed by atoms with Crippen LogP contribution in [0.25, 0.3) is 10.9 Å². The van der Waals surface area contributed by atoms with E-state index in [2.05, 4.69) is 10.3 Å². The van der Waals surface area contributed by atoms with Crippen molar-refractivity contribution in [3.05, 3.63) is 36.5 Å². The fourth-order valence-corrected chi connectivity index (χ4v) is 5.55. The van der Waals surface area contributed by atoms with Crippen molar-refractivity contribution < 1.29 is 8.42 Å². The third-order valence-corrected chi connectivity index (χ3v) is 7.19. The van der Waals surface area contributed by atoms with Crippen LogP contribution in [0.15, 0.2) is 41.4 Å². The van der Waals surface area contributed by atoms with Gasteiger partial charge in [-0.15, -0.1) is 0 Å². The van der Waals surface area contributed by atoms with Gasteiger partial charge in [-0.05, 0) is 49.9 Å². The molecule has 2 unspecified atom stereocenters. The van der Waals surface area contributed by atoms with E-state index in [4.69, 9.17) is 0 Å². The number of fused-ring (bicyclic) bond motifs is 3. The molecule has 1 aromatic carbocycles. The molecule has 3 heterocycles. The molecule has 1 N–H and O–H groups in total. The van der Waals surface area contributed by atoms with E-state index in [9.17, 15) is 8.42 Å². The Kier molecular flexibility index (Phi) is 3.63. The normalized spacial score (nSPS) is 27.7. The lowest BCUT2D eigenvalue weighted by molar-refractivity contribution is 0.251. The topological polar surface area (TPSA) is 62.3 Å². The molecule has 0 aliphatic carbocycles. The number of pyridine rings is 1. The Bertz CT molecular complexity index is 819. The lowest BCUT2D eigenvalue weighted by atomic mass is 10.0. The van der Waals surface area contributed by atoms with E-state index in [1.807, 2.05) is 12.1 Å². The average Bonchev–Trinajstić information content (AvgIpc) is 2.91. The second-order valence-corrected chi connectivity index (χ2v) is 8.58. The van der Waals surface area contributed by atoms with Crippen molar-refractivity contribution in [2.75, 3.05) is 7.05 Å². The third-order valence-electron chi connectivity index (χ3n) is 5.23. The van der Waals surface area contributed by atoms with Crippen LogP contribution in [0.2, 0.25) is 0 Å². The largest absolute Gasteiger partial charge is 0.311 e. The first kappa shape index (κ1) is 15.1. The Labute approximate surface area is 136 Å². The molecule has 5 nitrogen and oxygen atoms in total. The maximum atomic E-state index is 13.2. The zero-order valence-corrected chi connectivity index (χ0v) is 14.0. The second kappa shape index (κ2) is 5.54. The van der Waals surface area contributed by atoms with Gasteiger partial charge >= 0.3 is 0 Å². The van der Waals surface area contributed by atoms with Gasteiger partial charge in [0.15, 0.2) is 0 Å². The molecule has 1 aromatic heterocycles. The molecule has 6 heteroatoms. The molecule has 0 amide bonds. The summed E-state index contributed by atoms with van der Waals surface area (Å²) < 4.78 is 27.9. The number of benzene rings is 1. The van der Waals surface area contributed by atoms with Crippen molar-refractivity contribution in [2.45, 2.75) is 48.7 Å². The summed E-state index contributed by atoms with van der Waals surface area (Å²) in [5.74, 6) is 0. The van der Waals surface area contributed by atoms with E-state index in [1.165, 1.54) is 0 Å². The van der Waals surface area contributed by atoms with E-state index in [1.54, 1.807) is 35.7 Å². The quantitative estimate of drug-likeness (QED) is 0.936. The van der Waals surface area contributed by atoms with Crippen molar-refractivity contribution in [3.8, 4) is 0 Å². The van der Waals surface area contributed by atoms with Crippen LogP contribution in [0.5, 0.6) is 0 Å². The summed E-state index contributed by atoms with van der Waals surface area (Å²) in [7, 11) is -1.80. The molecule has 2 atom stereocenters. The SMILES string of the molecule is CN(C1CC2CCC(C1)N2)S(=O)(=O)c1cccc2ncccc12. The van der Waals surface area contributed by atoms with E-state index in [0.29, 0.717) is 27.9 Å². The zero-order valence-electron chi connectivity index (χ0n) is 13.1. The van der Waals surface area contributed by atoms with Crippen molar-refractivity contribution in [3.63, 3.8) is 0 Å². The maximum absolute atomic E-state index is 13.2. The molecule has 122 valence electrons.